The summed E-state index contributed by atoms with van der Waals surface area (Å²) in [5.74, 6) is 0.727. The molecule has 0 radical (unpaired) electrons. The number of benzene rings is 1. The van der Waals surface area contributed by atoms with Crippen molar-refractivity contribution in [3.8, 4) is 17.0 Å². The zero-order chi connectivity index (χ0) is 20.6. The number of halogens is 1. The molecule has 0 bridgehead atoms. The third kappa shape index (κ3) is 5.95. The van der Waals surface area contributed by atoms with Gasteiger partial charge >= 0.3 is 0 Å². The molecule has 2 heterocycles. The number of nitrogens with one attached hydrogen (secondary N) is 1. The minimum atomic E-state index is 0.00916. The molecule has 1 aliphatic heterocycles. The number of aryl methyl sites for hydroxylation is 1. The lowest BCUT2D eigenvalue weighted by Crippen LogP contribution is -2.38. The maximum Gasteiger partial charge on any atom is 0.224 e. The van der Waals surface area contributed by atoms with Gasteiger partial charge in [0, 0.05) is 44.4 Å². The second kappa shape index (κ2) is 10.6. The monoisotopic (exact) mass is 420 g/mol. The maximum absolute atomic E-state index is 12.1. The average molecular weight is 421 g/mol. The number of hydrogen-bond donors (Lipinski definition) is 1. The Hall–Kier alpha value is -2.09. The molecule has 1 fully saturated rings. The fraction of sp³-hybridized carbons (Fsp3) is 0.524. The van der Waals surface area contributed by atoms with Crippen molar-refractivity contribution in [2.75, 3.05) is 44.8 Å². The molecule has 1 aromatic heterocycles. The number of anilines is 1. The Labute approximate surface area is 176 Å². The molecule has 8 heteroatoms. The van der Waals surface area contributed by atoms with E-state index in [0.29, 0.717) is 18.1 Å². The molecule has 1 N–H and O–H groups in total. The quantitative estimate of drug-likeness (QED) is 0.671. The molecule has 0 atom stereocenters. The molecule has 3 rings (SSSR count). The summed E-state index contributed by atoms with van der Waals surface area (Å²) in [6, 6.07) is 5.64. The topological polar surface area (TPSA) is 68.6 Å². The summed E-state index contributed by atoms with van der Waals surface area (Å²) in [4.78, 5) is 14.5. The molecular formula is C21H29ClN4O3. The van der Waals surface area contributed by atoms with E-state index in [1.165, 1.54) is 0 Å². The van der Waals surface area contributed by atoms with Gasteiger partial charge in [-0.25, -0.2) is 0 Å². The second-order valence-corrected chi connectivity index (χ2v) is 7.54. The number of aromatic nitrogens is 2. The van der Waals surface area contributed by atoms with Crippen LogP contribution in [-0.2, 0) is 16.6 Å². The predicted octanol–water partition coefficient (Wildman–Crippen LogP) is 3.58. The van der Waals surface area contributed by atoms with Crippen LogP contribution in [0.2, 0.25) is 5.02 Å². The SMILES string of the molecule is CCCCC(=O)Nc1ccc(OCCN2CCOCC2)c(-c2c(Cl)cnn2C)c1. The van der Waals surface area contributed by atoms with Crippen molar-refractivity contribution < 1.29 is 14.3 Å². The largest absolute Gasteiger partial charge is 0.492 e. The zero-order valence-corrected chi connectivity index (χ0v) is 17.9. The van der Waals surface area contributed by atoms with Crippen LogP contribution < -0.4 is 10.1 Å². The number of carbonyl (C=O) groups excluding carboxylic acids is 1. The molecule has 29 heavy (non-hydrogen) atoms. The van der Waals surface area contributed by atoms with Crippen molar-refractivity contribution in [1.82, 2.24) is 14.7 Å². The van der Waals surface area contributed by atoms with Crippen molar-refractivity contribution in [3.05, 3.63) is 29.4 Å². The van der Waals surface area contributed by atoms with Gasteiger partial charge in [0.15, 0.2) is 0 Å². The lowest BCUT2D eigenvalue weighted by Gasteiger charge is -2.26. The van der Waals surface area contributed by atoms with Crippen molar-refractivity contribution in [3.63, 3.8) is 0 Å². The summed E-state index contributed by atoms with van der Waals surface area (Å²) in [5, 5.41) is 7.74. The van der Waals surface area contributed by atoms with Crippen molar-refractivity contribution in [2.45, 2.75) is 26.2 Å². The number of ether oxygens (including phenoxy) is 2. The van der Waals surface area contributed by atoms with Crippen LogP contribution in [0, 0.1) is 0 Å². The highest BCUT2D eigenvalue weighted by Crippen LogP contribution is 2.36. The molecule has 1 aromatic carbocycles. The molecule has 2 aromatic rings. The van der Waals surface area contributed by atoms with Crippen LogP contribution in [0.5, 0.6) is 5.75 Å². The molecule has 1 saturated heterocycles. The third-order valence-electron chi connectivity index (χ3n) is 4.94. The Balaban J connectivity index is 1.76. The Morgan fingerprint density at radius 3 is 2.83 bits per heavy atom. The van der Waals surface area contributed by atoms with Gasteiger partial charge in [0.05, 0.1) is 30.1 Å². The Morgan fingerprint density at radius 1 is 1.34 bits per heavy atom. The van der Waals surface area contributed by atoms with E-state index in [2.05, 4.69) is 22.2 Å². The molecule has 1 aliphatic rings. The van der Waals surface area contributed by atoms with Crippen molar-refractivity contribution in [2.24, 2.45) is 7.05 Å². The first-order valence-electron chi connectivity index (χ1n) is 10.1. The molecular weight excluding hydrogens is 392 g/mol. The van der Waals surface area contributed by atoms with E-state index in [9.17, 15) is 4.79 Å². The van der Waals surface area contributed by atoms with Crippen LogP contribution in [0.1, 0.15) is 26.2 Å². The smallest absolute Gasteiger partial charge is 0.224 e. The van der Waals surface area contributed by atoms with Gasteiger partial charge < -0.3 is 14.8 Å². The molecule has 0 spiro atoms. The Kier molecular flexibility index (Phi) is 7.91. The summed E-state index contributed by atoms with van der Waals surface area (Å²) in [7, 11) is 1.84. The van der Waals surface area contributed by atoms with Gasteiger partial charge in [-0.1, -0.05) is 24.9 Å². The van der Waals surface area contributed by atoms with Crippen LogP contribution in [0.15, 0.2) is 24.4 Å². The molecule has 1 amide bonds. The zero-order valence-electron chi connectivity index (χ0n) is 17.1. The predicted molar refractivity (Wildman–Crippen MR) is 115 cm³/mol. The van der Waals surface area contributed by atoms with Crippen molar-refractivity contribution in [1.29, 1.82) is 0 Å². The standard InChI is InChI=1S/C21H29ClN4O3/c1-3-4-5-20(27)24-16-6-7-19(29-13-10-26-8-11-28-12-9-26)17(14-16)21-18(22)15-23-25(21)2/h6-7,14-15H,3-5,8-13H2,1-2H3,(H,24,27). The van der Waals surface area contributed by atoms with E-state index in [4.69, 9.17) is 21.1 Å². The van der Waals surface area contributed by atoms with Crippen LogP contribution >= 0.6 is 11.6 Å². The van der Waals surface area contributed by atoms with Gasteiger partial charge in [0.1, 0.15) is 12.4 Å². The lowest BCUT2D eigenvalue weighted by atomic mass is 10.1. The van der Waals surface area contributed by atoms with Crippen LogP contribution in [0.25, 0.3) is 11.3 Å². The van der Waals surface area contributed by atoms with Gasteiger partial charge in [0.25, 0.3) is 0 Å². The van der Waals surface area contributed by atoms with Crippen LogP contribution in [-0.4, -0.2) is 60.0 Å². The van der Waals surface area contributed by atoms with E-state index >= 15 is 0 Å². The fourth-order valence-corrected chi connectivity index (χ4v) is 3.57. The highest BCUT2D eigenvalue weighted by atomic mass is 35.5. The van der Waals surface area contributed by atoms with Crippen LogP contribution in [0.3, 0.4) is 0 Å². The lowest BCUT2D eigenvalue weighted by molar-refractivity contribution is -0.116. The molecule has 0 unspecified atom stereocenters. The number of unbranched alkanes of at least 4 members (excludes halogenated alkanes) is 1. The van der Waals surface area contributed by atoms with Gasteiger partial charge in [-0.3, -0.25) is 14.4 Å². The van der Waals surface area contributed by atoms with Gasteiger partial charge in [-0.15, -0.1) is 0 Å². The van der Waals surface area contributed by atoms with Crippen molar-refractivity contribution >= 4 is 23.2 Å². The summed E-state index contributed by atoms with van der Waals surface area (Å²) < 4.78 is 13.2. The Bertz CT molecular complexity index is 799. The first kappa shape index (κ1) is 21.6. The second-order valence-electron chi connectivity index (χ2n) is 7.13. The van der Waals surface area contributed by atoms with E-state index in [0.717, 1.165) is 68.4 Å². The summed E-state index contributed by atoms with van der Waals surface area (Å²) in [6.45, 7) is 6.84. The maximum atomic E-state index is 12.1. The van der Waals surface area contributed by atoms with Gasteiger partial charge in [0.2, 0.25) is 5.91 Å². The molecule has 7 nitrogen and oxygen atoms in total. The third-order valence-corrected chi connectivity index (χ3v) is 5.22. The van der Waals surface area contributed by atoms with E-state index in [1.807, 2.05) is 25.2 Å². The number of nitrogens with zero attached hydrogens (tertiary/aromatic N) is 3. The van der Waals surface area contributed by atoms with Gasteiger partial charge in [-0.05, 0) is 24.6 Å². The average Bonchev–Trinajstić information content (AvgIpc) is 3.06. The summed E-state index contributed by atoms with van der Waals surface area (Å²) in [6.07, 6.45) is 3.98. The first-order chi connectivity index (χ1) is 14.1. The van der Waals surface area contributed by atoms with E-state index < -0.39 is 0 Å². The number of hydrogen-bond acceptors (Lipinski definition) is 5. The minimum Gasteiger partial charge on any atom is -0.492 e. The van der Waals surface area contributed by atoms with Gasteiger partial charge in [-0.2, -0.15) is 5.10 Å². The van der Waals surface area contributed by atoms with Crippen LogP contribution in [0.4, 0.5) is 5.69 Å². The Morgan fingerprint density at radius 2 is 2.14 bits per heavy atom. The highest BCUT2D eigenvalue weighted by Gasteiger charge is 2.17. The normalized spacial score (nSPS) is 14.7. The number of rotatable bonds is 9. The van der Waals surface area contributed by atoms with E-state index in [1.54, 1.807) is 10.9 Å². The number of morpholine rings is 1. The molecule has 0 aliphatic carbocycles. The summed E-state index contributed by atoms with van der Waals surface area (Å²) in [5.41, 5.74) is 2.29. The highest BCUT2D eigenvalue weighted by molar-refractivity contribution is 6.33. The molecule has 0 saturated carbocycles. The molecule has 158 valence electrons. The number of amides is 1. The number of carbonyl (C=O) groups is 1. The first-order valence-corrected chi connectivity index (χ1v) is 10.5. The van der Waals surface area contributed by atoms with E-state index in [-0.39, 0.29) is 5.91 Å². The minimum absolute atomic E-state index is 0.00916. The fourth-order valence-electron chi connectivity index (χ4n) is 3.30. The summed E-state index contributed by atoms with van der Waals surface area (Å²) >= 11 is 6.39.